The fourth-order valence-electron chi connectivity index (χ4n) is 2.67. The Kier molecular flexibility index (Phi) is 2.47. The molecule has 0 saturated heterocycles. The van der Waals surface area contributed by atoms with Crippen molar-refractivity contribution in [1.82, 2.24) is 5.32 Å². The quantitative estimate of drug-likeness (QED) is 0.755. The highest BCUT2D eigenvalue weighted by molar-refractivity contribution is 5.78. The molecule has 2 saturated carbocycles. The molecular formula is C11H17F2NO. The minimum absolute atomic E-state index is 0.0352. The van der Waals surface area contributed by atoms with E-state index in [-0.39, 0.29) is 18.2 Å². The SMILES string of the molecule is CCNC(=O)C1CCC2(CC1)CC2(F)F. The van der Waals surface area contributed by atoms with Crippen molar-refractivity contribution in [3.63, 3.8) is 0 Å². The molecule has 1 N–H and O–H groups in total. The third-order valence-corrected chi connectivity index (χ3v) is 3.88. The van der Waals surface area contributed by atoms with E-state index in [1.165, 1.54) is 0 Å². The summed E-state index contributed by atoms with van der Waals surface area (Å²) < 4.78 is 26.1. The van der Waals surface area contributed by atoms with Gasteiger partial charge < -0.3 is 5.32 Å². The summed E-state index contributed by atoms with van der Waals surface area (Å²) in [7, 11) is 0. The predicted molar refractivity (Wildman–Crippen MR) is 52.6 cm³/mol. The van der Waals surface area contributed by atoms with Crippen LogP contribution in [0.25, 0.3) is 0 Å². The summed E-state index contributed by atoms with van der Waals surface area (Å²) in [4.78, 5) is 11.5. The number of rotatable bonds is 2. The first-order chi connectivity index (χ1) is 7.01. The number of hydrogen-bond donors (Lipinski definition) is 1. The van der Waals surface area contributed by atoms with Gasteiger partial charge in [0.05, 0.1) is 0 Å². The number of hydrogen-bond acceptors (Lipinski definition) is 1. The van der Waals surface area contributed by atoms with Gasteiger partial charge in [0.2, 0.25) is 5.91 Å². The Bertz CT molecular complexity index is 270. The van der Waals surface area contributed by atoms with E-state index in [2.05, 4.69) is 5.32 Å². The Morgan fingerprint density at radius 2 is 1.93 bits per heavy atom. The van der Waals surface area contributed by atoms with Gasteiger partial charge in [0.15, 0.2) is 0 Å². The van der Waals surface area contributed by atoms with Crippen LogP contribution in [0.15, 0.2) is 0 Å². The van der Waals surface area contributed by atoms with Crippen molar-refractivity contribution in [2.24, 2.45) is 11.3 Å². The zero-order chi connectivity index (χ0) is 11.1. The summed E-state index contributed by atoms with van der Waals surface area (Å²) in [6.07, 6.45) is 2.33. The summed E-state index contributed by atoms with van der Waals surface area (Å²) in [6.45, 7) is 2.49. The van der Waals surface area contributed by atoms with Gasteiger partial charge in [-0.05, 0) is 32.6 Å². The predicted octanol–water partition coefficient (Wildman–Crippen LogP) is 2.34. The molecule has 0 aromatic carbocycles. The first kappa shape index (κ1) is 10.8. The smallest absolute Gasteiger partial charge is 0.254 e. The highest BCUT2D eigenvalue weighted by Gasteiger charge is 2.70. The Labute approximate surface area is 88.4 Å². The number of alkyl halides is 2. The van der Waals surface area contributed by atoms with Crippen molar-refractivity contribution in [2.45, 2.75) is 45.0 Å². The average Bonchev–Trinajstić information content (AvgIpc) is 2.69. The molecule has 1 spiro atoms. The van der Waals surface area contributed by atoms with Crippen molar-refractivity contribution < 1.29 is 13.6 Å². The van der Waals surface area contributed by atoms with E-state index in [1.807, 2.05) is 6.92 Å². The van der Waals surface area contributed by atoms with E-state index in [0.717, 1.165) is 0 Å². The number of carbonyl (C=O) groups excluding carboxylic acids is 1. The van der Waals surface area contributed by atoms with Gasteiger partial charge in [0.25, 0.3) is 5.92 Å². The number of halogens is 2. The molecule has 86 valence electrons. The number of amides is 1. The van der Waals surface area contributed by atoms with Crippen LogP contribution in [0.2, 0.25) is 0 Å². The first-order valence-corrected chi connectivity index (χ1v) is 5.66. The average molecular weight is 217 g/mol. The van der Waals surface area contributed by atoms with Crippen LogP contribution in [0.4, 0.5) is 8.78 Å². The second-order valence-corrected chi connectivity index (χ2v) is 4.83. The third-order valence-electron chi connectivity index (χ3n) is 3.88. The van der Waals surface area contributed by atoms with Gasteiger partial charge in [-0.25, -0.2) is 8.78 Å². The lowest BCUT2D eigenvalue weighted by Crippen LogP contribution is -2.34. The van der Waals surface area contributed by atoms with E-state index in [4.69, 9.17) is 0 Å². The highest BCUT2D eigenvalue weighted by Crippen LogP contribution is 2.67. The Morgan fingerprint density at radius 3 is 2.33 bits per heavy atom. The lowest BCUT2D eigenvalue weighted by molar-refractivity contribution is -0.126. The van der Waals surface area contributed by atoms with Crippen molar-refractivity contribution in [3.8, 4) is 0 Å². The third kappa shape index (κ3) is 1.74. The molecule has 2 rings (SSSR count). The molecule has 2 aliphatic carbocycles. The lowest BCUT2D eigenvalue weighted by atomic mass is 9.79. The summed E-state index contributed by atoms with van der Waals surface area (Å²) in [5.74, 6) is -2.44. The van der Waals surface area contributed by atoms with Crippen LogP contribution >= 0.6 is 0 Å². The van der Waals surface area contributed by atoms with E-state index >= 15 is 0 Å². The van der Waals surface area contributed by atoms with Crippen molar-refractivity contribution >= 4 is 5.91 Å². The fraction of sp³-hybridized carbons (Fsp3) is 0.909. The van der Waals surface area contributed by atoms with Gasteiger partial charge in [-0.15, -0.1) is 0 Å². The Morgan fingerprint density at radius 1 is 1.40 bits per heavy atom. The van der Waals surface area contributed by atoms with Crippen LogP contribution in [-0.2, 0) is 4.79 Å². The van der Waals surface area contributed by atoms with Gasteiger partial charge in [-0.1, -0.05) is 0 Å². The zero-order valence-corrected chi connectivity index (χ0v) is 8.98. The molecule has 2 fully saturated rings. The molecule has 0 unspecified atom stereocenters. The topological polar surface area (TPSA) is 29.1 Å². The second-order valence-electron chi connectivity index (χ2n) is 4.83. The van der Waals surface area contributed by atoms with Crippen molar-refractivity contribution in [3.05, 3.63) is 0 Å². The molecule has 0 heterocycles. The van der Waals surface area contributed by atoms with Gasteiger partial charge in [-0.2, -0.15) is 0 Å². The van der Waals surface area contributed by atoms with Crippen LogP contribution in [0.1, 0.15) is 39.0 Å². The maximum Gasteiger partial charge on any atom is 0.254 e. The molecule has 0 radical (unpaired) electrons. The van der Waals surface area contributed by atoms with Gasteiger partial charge in [-0.3, -0.25) is 4.79 Å². The lowest BCUT2D eigenvalue weighted by Gasteiger charge is -2.27. The maximum absolute atomic E-state index is 13.0. The Hall–Kier alpha value is -0.670. The van der Waals surface area contributed by atoms with Crippen molar-refractivity contribution in [1.29, 1.82) is 0 Å². The zero-order valence-electron chi connectivity index (χ0n) is 8.98. The maximum atomic E-state index is 13.0. The first-order valence-electron chi connectivity index (χ1n) is 5.66. The molecule has 2 aliphatic rings. The molecule has 0 bridgehead atoms. The number of carbonyl (C=O) groups is 1. The highest BCUT2D eigenvalue weighted by atomic mass is 19.3. The monoisotopic (exact) mass is 217 g/mol. The fourth-order valence-corrected chi connectivity index (χ4v) is 2.67. The van der Waals surface area contributed by atoms with Crippen LogP contribution < -0.4 is 5.32 Å². The summed E-state index contributed by atoms with van der Waals surface area (Å²) in [5.41, 5.74) is -0.726. The van der Waals surface area contributed by atoms with Gasteiger partial charge in [0, 0.05) is 24.3 Å². The molecule has 0 aromatic heterocycles. The standard InChI is InChI=1S/C11H17F2NO/c1-2-14-9(15)8-3-5-10(6-4-8)7-11(10,12)13/h8H,2-7H2,1H3,(H,14,15). The van der Waals surface area contributed by atoms with Crippen molar-refractivity contribution in [2.75, 3.05) is 6.54 Å². The molecule has 1 amide bonds. The van der Waals surface area contributed by atoms with E-state index in [9.17, 15) is 13.6 Å². The molecule has 0 aliphatic heterocycles. The molecule has 4 heteroatoms. The van der Waals surface area contributed by atoms with E-state index < -0.39 is 11.3 Å². The Balaban J connectivity index is 1.86. The van der Waals surface area contributed by atoms with Crippen LogP contribution in [0, 0.1) is 11.3 Å². The van der Waals surface area contributed by atoms with Crippen LogP contribution in [-0.4, -0.2) is 18.4 Å². The second kappa shape index (κ2) is 3.42. The van der Waals surface area contributed by atoms with Crippen LogP contribution in [0.5, 0.6) is 0 Å². The largest absolute Gasteiger partial charge is 0.356 e. The molecule has 15 heavy (non-hydrogen) atoms. The molecule has 2 nitrogen and oxygen atoms in total. The molecule has 0 atom stereocenters. The minimum Gasteiger partial charge on any atom is -0.356 e. The van der Waals surface area contributed by atoms with Gasteiger partial charge >= 0.3 is 0 Å². The normalized spacial score (nSPS) is 37.7. The minimum atomic E-state index is -2.45. The van der Waals surface area contributed by atoms with E-state index in [1.54, 1.807) is 0 Å². The molecule has 0 aromatic rings. The molecular weight excluding hydrogens is 200 g/mol. The number of nitrogens with one attached hydrogen (secondary N) is 1. The van der Waals surface area contributed by atoms with Crippen LogP contribution in [0.3, 0.4) is 0 Å². The van der Waals surface area contributed by atoms with Gasteiger partial charge in [0.1, 0.15) is 0 Å². The van der Waals surface area contributed by atoms with E-state index in [0.29, 0.717) is 32.2 Å². The summed E-state index contributed by atoms with van der Waals surface area (Å²) in [6, 6.07) is 0. The summed E-state index contributed by atoms with van der Waals surface area (Å²) in [5, 5.41) is 2.76. The summed E-state index contributed by atoms with van der Waals surface area (Å²) >= 11 is 0.